The lowest BCUT2D eigenvalue weighted by atomic mass is 9.55. The normalized spacial score (nSPS) is 27.4. The minimum absolute atomic E-state index is 0.00888. The molecule has 0 spiro atoms. The molecule has 2 aliphatic rings. The fourth-order valence-corrected chi connectivity index (χ4v) is 7.24. The van der Waals surface area contributed by atoms with Crippen LogP contribution in [0.4, 0.5) is 0 Å². The Labute approximate surface area is 214 Å². The number of hydrogen-bond acceptors (Lipinski definition) is 5. The first-order valence-electron chi connectivity index (χ1n) is 11.7. The topological polar surface area (TPSA) is 53.0 Å². The number of likely N-dealkylation sites (N-methyl/N-ethyl adjacent to an activating group) is 1. The molecular formula is C27H33BrN2O3S. The SMILES string of the molecule is C=CCN1CC[C@@]2(c3cccc(O)c3)C[C@@H](N(C)C(=O)/C=C/c3cc(Br)cs3)CC[C@]2(OC)C1. The molecule has 4 rings (SSSR count). The highest BCUT2D eigenvalue weighted by atomic mass is 79.9. The van der Waals surface area contributed by atoms with Crippen LogP contribution in [0.25, 0.3) is 6.08 Å². The predicted molar refractivity (Wildman–Crippen MR) is 142 cm³/mol. The molecule has 1 aliphatic heterocycles. The summed E-state index contributed by atoms with van der Waals surface area (Å²) < 4.78 is 7.40. The Hall–Kier alpha value is -1.93. The molecule has 5 nitrogen and oxygen atoms in total. The molecule has 2 aromatic rings. The van der Waals surface area contributed by atoms with Crippen molar-refractivity contribution in [3.05, 3.63) is 69.4 Å². The van der Waals surface area contributed by atoms with Gasteiger partial charge in [-0.05, 0) is 78.0 Å². The maximum absolute atomic E-state index is 13.1. The number of likely N-dealkylation sites (tertiary alicyclic amines) is 1. The van der Waals surface area contributed by atoms with Gasteiger partial charge in [0.15, 0.2) is 0 Å². The highest BCUT2D eigenvalue weighted by molar-refractivity contribution is 9.10. The summed E-state index contributed by atoms with van der Waals surface area (Å²) in [4.78, 5) is 18.4. The lowest BCUT2D eigenvalue weighted by molar-refractivity contribution is -0.157. The third kappa shape index (κ3) is 4.76. The number of hydrogen-bond donors (Lipinski definition) is 1. The third-order valence-corrected chi connectivity index (χ3v) is 9.38. The number of amides is 1. The molecule has 1 N–H and O–H groups in total. The Kier molecular flexibility index (Phi) is 7.67. The Bertz CT molecular complexity index is 1070. The molecule has 7 heteroatoms. The number of methoxy groups -OCH3 is 1. The fourth-order valence-electron chi connectivity index (χ4n) is 5.91. The van der Waals surface area contributed by atoms with Gasteiger partial charge in [0.25, 0.3) is 0 Å². The lowest BCUT2D eigenvalue weighted by Crippen LogP contribution is -2.67. The van der Waals surface area contributed by atoms with Crippen LogP contribution in [0, 0.1) is 0 Å². The first-order chi connectivity index (χ1) is 16.3. The summed E-state index contributed by atoms with van der Waals surface area (Å²) >= 11 is 5.07. The van der Waals surface area contributed by atoms with Crippen molar-refractivity contribution in [1.82, 2.24) is 9.80 Å². The second-order valence-corrected chi connectivity index (χ2v) is 11.3. The minimum atomic E-state index is -0.387. The fraction of sp³-hybridized carbons (Fsp3) is 0.444. The quantitative estimate of drug-likeness (QED) is 0.371. The number of aromatic hydroxyl groups is 1. The third-order valence-electron chi connectivity index (χ3n) is 7.72. The minimum Gasteiger partial charge on any atom is -0.508 e. The lowest BCUT2D eigenvalue weighted by Gasteiger charge is -2.60. The zero-order chi connectivity index (χ0) is 24.3. The molecule has 182 valence electrons. The van der Waals surface area contributed by atoms with E-state index >= 15 is 0 Å². The molecule has 1 saturated carbocycles. The van der Waals surface area contributed by atoms with Crippen LogP contribution in [0.15, 0.2) is 58.9 Å². The summed E-state index contributed by atoms with van der Waals surface area (Å²) in [6.07, 6.45) is 8.91. The number of thiophene rings is 1. The highest BCUT2D eigenvalue weighted by Gasteiger charge is 2.59. The molecule has 0 radical (unpaired) electrons. The van der Waals surface area contributed by atoms with E-state index in [4.69, 9.17) is 4.74 Å². The monoisotopic (exact) mass is 544 g/mol. The van der Waals surface area contributed by atoms with Crippen LogP contribution < -0.4 is 0 Å². The van der Waals surface area contributed by atoms with E-state index in [1.807, 2.05) is 54.8 Å². The summed E-state index contributed by atoms with van der Waals surface area (Å²) in [6, 6.07) is 9.71. The number of ether oxygens (including phenoxy) is 1. The first kappa shape index (κ1) is 25.2. The van der Waals surface area contributed by atoms with E-state index < -0.39 is 0 Å². The van der Waals surface area contributed by atoms with Gasteiger partial charge in [0, 0.05) is 59.5 Å². The zero-order valence-electron chi connectivity index (χ0n) is 19.9. The molecule has 2 heterocycles. The highest BCUT2D eigenvalue weighted by Crippen LogP contribution is 2.54. The molecule has 1 aromatic carbocycles. The van der Waals surface area contributed by atoms with Crippen LogP contribution in [0.2, 0.25) is 0 Å². The Balaban J connectivity index is 1.63. The van der Waals surface area contributed by atoms with E-state index in [1.54, 1.807) is 23.5 Å². The molecule has 1 aromatic heterocycles. The molecule has 2 fully saturated rings. The largest absolute Gasteiger partial charge is 0.508 e. The number of phenolic OH excluding ortho intramolecular Hbond substituents is 1. The van der Waals surface area contributed by atoms with Gasteiger partial charge in [-0.15, -0.1) is 17.9 Å². The van der Waals surface area contributed by atoms with Crippen LogP contribution in [0.5, 0.6) is 5.75 Å². The summed E-state index contributed by atoms with van der Waals surface area (Å²) in [5.41, 5.74) is 0.413. The van der Waals surface area contributed by atoms with Crippen LogP contribution in [-0.2, 0) is 14.9 Å². The van der Waals surface area contributed by atoms with Crippen molar-refractivity contribution in [1.29, 1.82) is 0 Å². The molecule has 0 bridgehead atoms. The number of piperidine rings is 1. The molecular weight excluding hydrogens is 512 g/mol. The first-order valence-corrected chi connectivity index (χ1v) is 13.4. The van der Waals surface area contributed by atoms with E-state index in [0.29, 0.717) is 0 Å². The number of carbonyl (C=O) groups is 1. The number of fused-ring (bicyclic) bond motifs is 1. The maximum atomic E-state index is 13.1. The summed E-state index contributed by atoms with van der Waals surface area (Å²) in [7, 11) is 3.72. The van der Waals surface area contributed by atoms with E-state index in [1.165, 1.54) is 0 Å². The number of benzene rings is 1. The van der Waals surface area contributed by atoms with Gasteiger partial charge >= 0.3 is 0 Å². The van der Waals surface area contributed by atoms with Gasteiger partial charge in [-0.1, -0.05) is 18.2 Å². The van der Waals surface area contributed by atoms with Crippen LogP contribution >= 0.6 is 27.3 Å². The van der Waals surface area contributed by atoms with Gasteiger partial charge in [0.1, 0.15) is 5.75 Å². The van der Waals surface area contributed by atoms with Gasteiger partial charge in [0.05, 0.1) is 5.60 Å². The molecule has 1 aliphatic carbocycles. The summed E-state index contributed by atoms with van der Waals surface area (Å²) in [5, 5.41) is 12.3. The second-order valence-electron chi connectivity index (χ2n) is 9.45. The zero-order valence-corrected chi connectivity index (χ0v) is 22.3. The van der Waals surface area contributed by atoms with Crippen LogP contribution in [-0.4, -0.2) is 66.2 Å². The molecule has 1 saturated heterocycles. The Morgan fingerprint density at radius 1 is 1.41 bits per heavy atom. The Morgan fingerprint density at radius 3 is 2.91 bits per heavy atom. The molecule has 34 heavy (non-hydrogen) atoms. The average Bonchev–Trinajstić information content (AvgIpc) is 3.26. The van der Waals surface area contributed by atoms with Gasteiger partial charge < -0.3 is 14.7 Å². The predicted octanol–water partition coefficient (Wildman–Crippen LogP) is 5.46. The van der Waals surface area contributed by atoms with E-state index in [2.05, 4.69) is 33.5 Å². The average molecular weight is 546 g/mol. The van der Waals surface area contributed by atoms with Crippen molar-refractivity contribution in [3.63, 3.8) is 0 Å². The molecule has 3 atom stereocenters. The maximum Gasteiger partial charge on any atom is 0.246 e. The van der Waals surface area contributed by atoms with Crippen molar-refractivity contribution < 1.29 is 14.6 Å². The van der Waals surface area contributed by atoms with Crippen LogP contribution in [0.3, 0.4) is 0 Å². The van der Waals surface area contributed by atoms with Gasteiger partial charge in [-0.2, -0.15) is 0 Å². The number of carbonyl (C=O) groups excluding carboxylic acids is 1. The standard InChI is InChI=1S/C27H33BrN2O3S/c1-4-13-30-14-12-26(20-6-5-7-23(31)15-20)17-22(10-11-27(26,19-30)33-3)29(2)25(32)9-8-24-16-21(28)18-34-24/h4-9,15-16,18,22,31H,1,10-14,17,19H2,2-3H3/b9-8+/t22-,26-,27-/m0/s1. The van der Waals surface area contributed by atoms with Crippen molar-refractivity contribution in [2.75, 3.05) is 33.8 Å². The van der Waals surface area contributed by atoms with Crippen molar-refractivity contribution in [2.24, 2.45) is 0 Å². The van der Waals surface area contributed by atoms with Gasteiger partial charge in [-0.25, -0.2) is 0 Å². The number of nitrogens with zero attached hydrogens (tertiary/aromatic N) is 2. The van der Waals surface area contributed by atoms with Gasteiger partial charge in [-0.3, -0.25) is 9.69 Å². The summed E-state index contributed by atoms with van der Waals surface area (Å²) in [5.74, 6) is 0.275. The van der Waals surface area contributed by atoms with Crippen molar-refractivity contribution in [2.45, 2.75) is 42.7 Å². The molecule has 0 unspecified atom stereocenters. The van der Waals surface area contributed by atoms with Crippen LogP contribution in [0.1, 0.15) is 36.1 Å². The van der Waals surface area contributed by atoms with Crippen molar-refractivity contribution >= 4 is 39.2 Å². The number of phenols is 1. The van der Waals surface area contributed by atoms with E-state index in [9.17, 15) is 9.90 Å². The van der Waals surface area contributed by atoms with E-state index in [0.717, 1.165) is 60.2 Å². The van der Waals surface area contributed by atoms with Gasteiger partial charge in [0.2, 0.25) is 5.91 Å². The van der Waals surface area contributed by atoms with Crippen molar-refractivity contribution in [3.8, 4) is 5.75 Å². The number of rotatable bonds is 7. The smallest absolute Gasteiger partial charge is 0.246 e. The number of halogens is 1. The summed E-state index contributed by atoms with van der Waals surface area (Å²) in [6.45, 7) is 6.48. The Morgan fingerprint density at radius 2 is 2.24 bits per heavy atom. The second kappa shape index (κ2) is 10.4. The molecule has 1 amide bonds. The van der Waals surface area contributed by atoms with E-state index in [-0.39, 0.29) is 28.7 Å².